The highest BCUT2D eigenvalue weighted by Crippen LogP contribution is 2.54. The summed E-state index contributed by atoms with van der Waals surface area (Å²) in [7, 11) is 4.52. The summed E-state index contributed by atoms with van der Waals surface area (Å²) in [5.74, 6) is -6.08. The van der Waals surface area contributed by atoms with Crippen molar-refractivity contribution in [2.45, 2.75) is 57.7 Å². The molecule has 0 bridgehead atoms. The largest absolute Gasteiger partial charge is 0.508 e. The summed E-state index contributed by atoms with van der Waals surface area (Å²) in [5, 5.41) is 50.7. The molecule has 49 heavy (non-hydrogen) atoms. The number of carbonyl (C=O) groups is 3. The van der Waals surface area contributed by atoms with Crippen LogP contribution in [-0.4, -0.2) is 93.6 Å². The van der Waals surface area contributed by atoms with Gasteiger partial charge in [0.15, 0.2) is 11.4 Å². The molecule has 1 saturated carbocycles. The standard InChI is InChI=1S/C39H45N3O7/c1-6-16-42(17-7-2)20-21-12-13-25(24-11-9-8-10-23(21)24)26-14-15-29(43)31-27(26)18-22-19-28-33(41(4)5)35(45)32(38(48)40-3)37(47)39(28,49)36(46)30(22)34(31)44/h8-15,22,28,33,43-44,47,49H,6-7,16-20H2,1-5H3,(H,40,48)/t22-,28-,33-,39-/m0/s1. The Morgan fingerprint density at radius 3 is 2.22 bits per heavy atom. The van der Waals surface area contributed by atoms with Gasteiger partial charge in [0.05, 0.1) is 11.6 Å². The van der Waals surface area contributed by atoms with Crippen molar-refractivity contribution in [3.05, 3.63) is 82.1 Å². The molecule has 0 spiro atoms. The molecule has 0 unspecified atom stereocenters. The lowest BCUT2D eigenvalue weighted by atomic mass is 9.57. The normalized spacial score (nSPS) is 23.6. The average Bonchev–Trinajstić information content (AvgIpc) is 3.07. The Morgan fingerprint density at radius 1 is 0.939 bits per heavy atom. The monoisotopic (exact) mass is 667 g/mol. The van der Waals surface area contributed by atoms with Gasteiger partial charge in [-0.15, -0.1) is 0 Å². The number of aliphatic hydroxyl groups is 3. The van der Waals surface area contributed by atoms with E-state index in [1.807, 2.05) is 18.2 Å². The van der Waals surface area contributed by atoms with Crippen LogP contribution < -0.4 is 5.32 Å². The molecule has 3 aromatic rings. The van der Waals surface area contributed by atoms with Gasteiger partial charge in [-0.05, 0) is 97.9 Å². The van der Waals surface area contributed by atoms with Gasteiger partial charge in [0, 0.05) is 25.1 Å². The molecule has 3 aliphatic carbocycles. The lowest BCUT2D eigenvalue weighted by Gasteiger charge is -2.50. The molecule has 1 fully saturated rings. The summed E-state index contributed by atoms with van der Waals surface area (Å²) < 4.78 is 0. The van der Waals surface area contributed by atoms with Crippen molar-refractivity contribution < 1.29 is 34.8 Å². The maximum Gasteiger partial charge on any atom is 0.258 e. The van der Waals surface area contributed by atoms with Crippen LogP contribution in [0.25, 0.3) is 27.7 Å². The van der Waals surface area contributed by atoms with Crippen molar-refractivity contribution in [3.8, 4) is 16.9 Å². The number of phenols is 1. The second-order valence-corrected chi connectivity index (χ2v) is 13.8. The fraction of sp³-hybridized carbons (Fsp3) is 0.410. The molecule has 258 valence electrons. The zero-order valence-corrected chi connectivity index (χ0v) is 28.7. The van der Waals surface area contributed by atoms with Gasteiger partial charge >= 0.3 is 0 Å². The highest BCUT2D eigenvalue weighted by molar-refractivity contribution is 6.25. The molecule has 10 nitrogen and oxygen atoms in total. The maximum atomic E-state index is 14.3. The minimum atomic E-state index is -2.63. The molecule has 3 aliphatic rings. The van der Waals surface area contributed by atoms with Gasteiger partial charge in [-0.1, -0.05) is 56.3 Å². The van der Waals surface area contributed by atoms with Crippen LogP contribution in [0.15, 0.2) is 65.4 Å². The second-order valence-electron chi connectivity index (χ2n) is 13.8. The van der Waals surface area contributed by atoms with E-state index in [2.05, 4.69) is 48.3 Å². The number of phenolic OH excluding ortho intramolecular Hbond substituents is 1. The Kier molecular flexibility index (Phi) is 9.17. The minimum Gasteiger partial charge on any atom is -0.508 e. The van der Waals surface area contributed by atoms with Crippen molar-refractivity contribution in [1.82, 2.24) is 15.1 Å². The number of hydrogen-bond donors (Lipinski definition) is 5. The Balaban J connectivity index is 1.51. The number of ketones is 2. The molecular formula is C39H45N3O7. The van der Waals surface area contributed by atoms with Crippen LogP contribution in [0.2, 0.25) is 0 Å². The number of rotatable bonds is 9. The minimum absolute atomic E-state index is 0.0558. The predicted octanol–water partition coefficient (Wildman–Crippen LogP) is 4.67. The van der Waals surface area contributed by atoms with Crippen molar-refractivity contribution in [1.29, 1.82) is 0 Å². The molecule has 0 radical (unpaired) electrons. The Hall–Kier alpha value is -4.51. The van der Waals surface area contributed by atoms with E-state index in [0.29, 0.717) is 5.56 Å². The Bertz CT molecular complexity index is 1920. The van der Waals surface area contributed by atoms with Gasteiger partial charge in [0.2, 0.25) is 5.78 Å². The predicted molar refractivity (Wildman–Crippen MR) is 188 cm³/mol. The van der Waals surface area contributed by atoms with E-state index in [4.69, 9.17) is 0 Å². The summed E-state index contributed by atoms with van der Waals surface area (Å²) in [4.78, 5) is 44.7. The van der Waals surface area contributed by atoms with E-state index in [0.717, 1.165) is 54.4 Å². The Labute approximate surface area is 286 Å². The number of aromatic hydroxyl groups is 1. The number of benzene rings is 3. The van der Waals surface area contributed by atoms with Gasteiger partial charge in [-0.25, -0.2) is 0 Å². The lowest BCUT2D eigenvalue weighted by Crippen LogP contribution is -2.65. The molecule has 0 saturated heterocycles. The summed E-state index contributed by atoms with van der Waals surface area (Å²) in [6.45, 7) is 7.18. The highest BCUT2D eigenvalue weighted by Gasteiger charge is 2.64. The van der Waals surface area contributed by atoms with Crippen LogP contribution in [0.1, 0.15) is 49.8 Å². The molecule has 0 aromatic heterocycles. The highest BCUT2D eigenvalue weighted by atomic mass is 16.3. The first kappa shape index (κ1) is 34.4. The van der Waals surface area contributed by atoms with E-state index in [1.54, 1.807) is 19.0 Å². The number of likely N-dealkylation sites (N-methyl/N-ethyl adjacent to an activating group) is 2. The first-order valence-corrected chi connectivity index (χ1v) is 17.1. The fourth-order valence-electron chi connectivity index (χ4n) is 8.48. The van der Waals surface area contributed by atoms with Gasteiger partial charge in [0.25, 0.3) is 5.91 Å². The molecular weight excluding hydrogens is 622 g/mol. The number of aliphatic hydroxyl groups excluding tert-OH is 2. The summed E-state index contributed by atoms with van der Waals surface area (Å²) in [6, 6.07) is 14.6. The number of amides is 1. The Morgan fingerprint density at radius 2 is 1.59 bits per heavy atom. The van der Waals surface area contributed by atoms with Crippen LogP contribution in [0, 0.1) is 11.8 Å². The van der Waals surface area contributed by atoms with Crippen LogP contribution in [0.5, 0.6) is 5.75 Å². The third-order valence-corrected chi connectivity index (χ3v) is 10.6. The summed E-state index contributed by atoms with van der Waals surface area (Å²) in [5.41, 5.74) is 0.198. The van der Waals surface area contributed by atoms with E-state index in [-0.39, 0.29) is 29.7 Å². The van der Waals surface area contributed by atoms with Crippen molar-refractivity contribution >= 4 is 34.0 Å². The zero-order valence-electron chi connectivity index (χ0n) is 28.7. The number of Topliss-reactive ketones (excluding diaryl/α,β-unsaturated/α-hetero) is 2. The van der Waals surface area contributed by atoms with E-state index in [1.165, 1.54) is 18.7 Å². The smallest absolute Gasteiger partial charge is 0.258 e. The molecule has 0 aliphatic heterocycles. The molecule has 4 atom stereocenters. The number of nitrogens with zero attached hydrogens (tertiary/aromatic N) is 2. The molecule has 3 aromatic carbocycles. The van der Waals surface area contributed by atoms with Gasteiger partial charge < -0.3 is 25.7 Å². The first-order valence-electron chi connectivity index (χ1n) is 17.1. The topological polar surface area (TPSA) is 151 Å². The molecule has 5 N–H and O–H groups in total. The fourth-order valence-corrected chi connectivity index (χ4v) is 8.48. The van der Waals surface area contributed by atoms with Crippen LogP contribution in [-0.2, 0) is 27.3 Å². The van der Waals surface area contributed by atoms with Crippen molar-refractivity contribution in [3.63, 3.8) is 0 Å². The van der Waals surface area contributed by atoms with Gasteiger partial charge in [-0.2, -0.15) is 0 Å². The summed E-state index contributed by atoms with van der Waals surface area (Å²) >= 11 is 0. The number of fused-ring (bicyclic) bond motifs is 4. The third-order valence-electron chi connectivity index (χ3n) is 10.6. The molecule has 6 rings (SSSR count). The van der Waals surface area contributed by atoms with Crippen molar-refractivity contribution in [2.75, 3.05) is 34.2 Å². The van der Waals surface area contributed by atoms with Crippen molar-refractivity contribution in [2.24, 2.45) is 11.8 Å². The molecule has 1 amide bonds. The maximum absolute atomic E-state index is 14.3. The van der Waals surface area contributed by atoms with Gasteiger partial charge in [0.1, 0.15) is 22.8 Å². The van der Waals surface area contributed by atoms with E-state index in [9.17, 15) is 34.8 Å². The quantitative estimate of drug-likeness (QED) is 0.205. The SMILES string of the molecule is CCCN(CCC)Cc1ccc(-c2ccc(O)c3c2C[C@H]2C[C@H]4[C@H](N(C)C)C(=O)C(C(=O)NC)=C(O)[C@@]4(O)C(=O)C2=C3O)c2ccccc12. The van der Waals surface area contributed by atoms with Crippen LogP contribution in [0.3, 0.4) is 0 Å². The molecule has 0 heterocycles. The number of nitrogens with one attached hydrogen (secondary N) is 1. The van der Waals surface area contributed by atoms with E-state index < -0.39 is 58.0 Å². The zero-order chi connectivity index (χ0) is 35.4. The third kappa shape index (κ3) is 5.33. The van der Waals surface area contributed by atoms with Gasteiger partial charge in [-0.3, -0.25) is 24.2 Å². The first-order chi connectivity index (χ1) is 23.4. The van der Waals surface area contributed by atoms with Crippen LogP contribution in [0.4, 0.5) is 0 Å². The lowest BCUT2D eigenvalue weighted by molar-refractivity contribution is -0.153. The summed E-state index contributed by atoms with van der Waals surface area (Å²) in [6.07, 6.45) is 2.41. The average molecular weight is 668 g/mol. The second kappa shape index (κ2) is 13.1. The number of carbonyl (C=O) groups excluding carboxylic acids is 3. The van der Waals surface area contributed by atoms with E-state index >= 15 is 0 Å². The number of hydrogen-bond acceptors (Lipinski definition) is 9. The van der Waals surface area contributed by atoms with Crippen LogP contribution >= 0.6 is 0 Å². The molecule has 10 heteroatoms.